The van der Waals surface area contributed by atoms with Gasteiger partial charge in [0, 0.05) is 73.8 Å². The standard InChI is InChI=1S/C42H55N3O17S4/c1-41(21-10-26-63(49,50)51)32-28-30(65(55,56)57)15-17-34(32)43(23-8-6-4-5-7-14-40(48)62-45-38(46)19-20-39(45)47)36(41)12-9-13-37-42(2,22-11-27-64(52,53)54)33-29-31(66(58,59)60)16-18-35(33)44(37)24-25-61-3/h9,12-13,15-18,28-29H,4-8,10-11,14,19-27H2,1-3H3,(H3-,49,50,51,52,53,54,55,56,57,58,59,60)/p+1. The number of hydrogen-bond acceptors (Lipinski definition) is 14. The third kappa shape index (κ3) is 12.8. The zero-order valence-electron chi connectivity index (χ0n) is 36.8. The first-order valence-corrected chi connectivity index (χ1v) is 27.3. The van der Waals surface area contributed by atoms with Crippen molar-refractivity contribution in [1.29, 1.82) is 0 Å². The lowest BCUT2D eigenvalue weighted by Crippen LogP contribution is -2.32. The normalized spacial score (nSPS) is 20.9. The van der Waals surface area contributed by atoms with Gasteiger partial charge in [0.05, 0.1) is 33.3 Å². The first-order chi connectivity index (χ1) is 30.7. The maximum Gasteiger partial charge on any atom is 0.333 e. The van der Waals surface area contributed by atoms with Crippen LogP contribution in [0, 0.1) is 0 Å². The molecule has 0 radical (unpaired) electrons. The van der Waals surface area contributed by atoms with Gasteiger partial charge in [-0.05, 0) is 94.3 Å². The number of carbonyl (C=O) groups excluding carboxylic acids is 3. The van der Waals surface area contributed by atoms with E-state index < -0.39 is 85.5 Å². The Bertz CT molecular complexity index is 2750. The van der Waals surface area contributed by atoms with Gasteiger partial charge in [0.2, 0.25) is 5.69 Å². The van der Waals surface area contributed by atoms with Crippen LogP contribution in [0.4, 0.5) is 11.4 Å². The Kier molecular flexibility index (Phi) is 16.6. The molecule has 3 aliphatic heterocycles. The summed E-state index contributed by atoms with van der Waals surface area (Å²) >= 11 is 0. The number of hydroxylamine groups is 2. The predicted octanol–water partition coefficient (Wildman–Crippen LogP) is 4.68. The lowest BCUT2D eigenvalue weighted by Gasteiger charge is -2.30. The van der Waals surface area contributed by atoms with Crippen molar-refractivity contribution >= 4 is 75.3 Å². The van der Waals surface area contributed by atoms with Gasteiger partial charge in [-0.1, -0.05) is 18.9 Å². The molecule has 0 aliphatic carbocycles. The van der Waals surface area contributed by atoms with E-state index in [2.05, 4.69) is 0 Å². The van der Waals surface area contributed by atoms with E-state index in [0.717, 1.165) is 0 Å². The smallest absolute Gasteiger partial charge is 0.333 e. The number of methoxy groups -OCH3 is 1. The number of ether oxygens (including phenoxy) is 1. The van der Waals surface area contributed by atoms with Gasteiger partial charge in [-0.15, -0.1) is 5.06 Å². The number of imide groups is 1. The topological polar surface area (TPSA) is 297 Å². The average Bonchev–Trinajstić information content (AvgIpc) is 3.74. The Morgan fingerprint density at radius 2 is 1.29 bits per heavy atom. The molecule has 2 aromatic carbocycles. The van der Waals surface area contributed by atoms with E-state index in [9.17, 15) is 66.3 Å². The summed E-state index contributed by atoms with van der Waals surface area (Å²) in [4.78, 5) is 41.9. The van der Waals surface area contributed by atoms with Crippen molar-refractivity contribution in [3.8, 4) is 0 Å². The first-order valence-electron chi connectivity index (χ1n) is 21.2. The zero-order valence-corrected chi connectivity index (χ0v) is 40.1. The summed E-state index contributed by atoms with van der Waals surface area (Å²) in [6.45, 7) is 4.37. The van der Waals surface area contributed by atoms with E-state index in [0.29, 0.717) is 77.6 Å². The van der Waals surface area contributed by atoms with E-state index in [1.165, 1.54) is 37.4 Å². The van der Waals surface area contributed by atoms with Gasteiger partial charge in [0.25, 0.3) is 52.3 Å². The fraction of sp³-hybridized carbons (Fsp3) is 0.524. The number of rotatable bonds is 24. The van der Waals surface area contributed by atoms with E-state index in [-0.39, 0.29) is 63.0 Å². The molecule has 66 heavy (non-hydrogen) atoms. The molecular formula is C42H56N3O17S4+. The van der Waals surface area contributed by atoms with Crippen LogP contribution < -0.4 is 4.90 Å². The molecule has 0 spiro atoms. The number of unbranched alkanes of at least 4 members (excludes halogenated alkanes) is 4. The number of hydrogen-bond donors (Lipinski definition) is 4. The van der Waals surface area contributed by atoms with Crippen molar-refractivity contribution in [3.05, 3.63) is 71.5 Å². The molecule has 0 saturated carbocycles. The van der Waals surface area contributed by atoms with Gasteiger partial charge in [-0.3, -0.25) is 27.8 Å². The molecule has 24 heteroatoms. The van der Waals surface area contributed by atoms with Crippen molar-refractivity contribution in [1.82, 2.24) is 5.06 Å². The van der Waals surface area contributed by atoms with E-state index in [4.69, 9.17) is 9.57 Å². The summed E-state index contributed by atoms with van der Waals surface area (Å²) in [5, 5.41) is 0.503. The number of nitrogens with zero attached hydrogens (tertiary/aromatic N) is 3. The molecule has 364 valence electrons. The van der Waals surface area contributed by atoms with Crippen molar-refractivity contribution in [3.63, 3.8) is 0 Å². The van der Waals surface area contributed by atoms with Crippen LogP contribution >= 0.6 is 0 Å². The lowest BCUT2D eigenvalue weighted by atomic mass is 9.75. The minimum Gasteiger partial charge on any atom is -0.383 e. The minimum absolute atomic E-state index is 0.0118. The maximum atomic E-state index is 12.4. The molecule has 3 heterocycles. The number of benzene rings is 2. The maximum absolute atomic E-state index is 12.4. The molecule has 0 bridgehead atoms. The SMILES string of the molecule is COCCN1/C(=C/C=C/C2=[N+](CCCCCCCC(=O)ON3C(=O)CCC3=O)c3ccc(S(=O)(=O)O)cc3C2(C)CCCS(=O)(=O)O)C(C)(CCCS(=O)(=O)O)c2cc(S(=O)(=O)O)ccc21. The van der Waals surface area contributed by atoms with E-state index >= 15 is 0 Å². The Morgan fingerprint density at radius 3 is 1.86 bits per heavy atom. The van der Waals surface area contributed by atoms with Crippen molar-refractivity contribution in [2.45, 2.75) is 112 Å². The molecular weight excluding hydrogens is 947 g/mol. The fourth-order valence-electron chi connectivity index (χ4n) is 8.90. The quantitative estimate of drug-likeness (QED) is 0.0480. The second-order valence-corrected chi connectivity index (χ2v) is 22.9. The van der Waals surface area contributed by atoms with Crippen LogP contribution in [-0.2, 0) is 75.3 Å². The Labute approximate surface area is 385 Å². The molecule has 1 saturated heterocycles. The van der Waals surface area contributed by atoms with Gasteiger partial charge < -0.3 is 14.5 Å². The van der Waals surface area contributed by atoms with Crippen LogP contribution in [0.25, 0.3) is 0 Å². The number of fused-ring (bicyclic) bond motifs is 2. The molecule has 1 fully saturated rings. The third-order valence-corrected chi connectivity index (χ3v) is 15.5. The summed E-state index contributed by atoms with van der Waals surface area (Å²) in [5.74, 6) is -3.03. The summed E-state index contributed by atoms with van der Waals surface area (Å²) in [5.41, 5.74) is 0.964. The fourth-order valence-corrected chi connectivity index (χ4v) is 10.9. The van der Waals surface area contributed by atoms with Gasteiger partial charge in [-0.2, -0.15) is 38.2 Å². The molecule has 5 rings (SSSR count). The van der Waals surface area contributed by atoms with E-state index in [1.54, 1.807) is 38.1 Å². The molecule has 2 unspecified atom stereocenters. The van der Waals surface area contributed by atoms with Crippen LogP contribution in [0.1, 0.15) is 102 Å². The first kappa shape index (κ1) is 52.6. The Hall–Kier alpha value is -4.40. The highest BCUT2D eigenvalue weighted by Crippen LogP contribution is 2.51. The van der Waals surface area contributed by atoms with Gasteiger partial charge in [0.1, 0.15) is 6.54 Å². The number of anilines is 1. The largest absolute Gasteiger partial charge is 0.383 e. The summed E-state index contributed by atoms with van der Waals surface area (Å²) in [6.07, 6.45) is 8.19. The minimum atomic E-state index is -4.69. The van der Waals surface area contributed by atoms with E-state index in [1.807, 2.05) is 9.48 Å². The van der Waals surface area contributed by atoms with Crippen molar-refractivity contribution in [2.75, 3.05) is 43.2 Å². The van der Waals surface area contributed by atoms with Crippen LogP contribution in [0.3, 0.4) is 0 Å². The molecule has 3 aliphatic rings. The highest BCUT2D eigenvalue weighted by atomic mass is 32.2. The van der Waals surface area contributed by atoms with Crippen LogP contribution in [0.2, 0.25) is 0 Å². The monoisotopic (exact) mass is 1000 g/mol. The zero-order chi connectivity index (χ0) is 48.9. The molecule has 2 aromatic rings. The highest BCUT2D eigenvalue weighted by molar-refractivity contribution is 7.86. The van der Waals surface area contributed by atoms with Crippen molar-refractivity contribution in [2.24, 2.45) is 0 Å². The summed E-state index contributed by atoms with van der Waals surface area (Å²) in [7, 11) is -16.7. The predicted molar refractivity (Wildman–Crippen MR) is 240 cm³/mol. The molecule has 2 amide bonds. The van der Waals surface area contributed by atoms with Crippen LogP contribution in [-0.4, -0.2) is 123 Å². The Balaban J connectivity index is 1.53. The lowest BCUT2D eigenvalue weighted by molar-refractivity contribution is -0.438. The molecule has 0 aromatic heterocycles. The van der Waals surface area contributed by atoms with Crippen LogP contribution in [0.15, 0.2) is 70.1 Å². The molecule has 20 nitrogen and oxygen atoms in total. The van der Waals surface area contributed by atoms with Crippen LogP contribution in [0.5, 0.6) is 0 Å². The summed E-state index contributed by atoms with van der Waals surface area (Å²) < 4.78 is 144. The summed E-state index contributed by atoms with van der Waals surface area (Å²) in [6, 6.07) is 8.19. The van der Waals surface area contributed by atoms with Gasteiger partial charge >= 0.3 is 5.97 Å². The molecule has 4 N–H and O–H groups in total. The third-order valence-electron chi connectivity index (χ3n) is 12.2. The van der Waals surface area contributed by atoms with Gasteiger partial charge in [0.15, 0.2) is 5.71 Å². The number of amides is 2. The van der Waals surface area contributed by atoms with Gasteiger partial charge in [-0.25, -0.2) is 4.79 Å². The van der Waals surface area contributed by atoms with Crippen molar-refractivity contribution < 1.29 is 80.4 Å². The average molecular weight is 1000 g/mol. The number of carbonyl (C=O) groups is 3. The highest BCUT2D eigenvalue weighted by Gasteiger charge is 2.48. The Morgan fingerprint density at radius 1 is 0.742 bits per heavy atom. The number of allylic oxidation sites excluding steroid dienone is 4. The molecule has 2 atom stereocenters. The second-order valence-electron chi connectivity index (χ2n) is 16.9. The second kappa shape index (κ2) is 20.9.